The summed E-state index contributed by atoms with van der Waals surface area (Å²) in [6.45, 7) is 4.92. The molecule has 2 atom stereocenters. The van der Waals surface area contributed by atoms with Gasteiger partial charge in [0.15, 0.2) is 0 Å². The molecule has 1 heterocycles. The van der Waals surface area contributed by atoms with Gasteiger partial charge in [-0.15, -0.1) is 0 Å². The molecule has 0 aromatic heterocycles. The molecule has 1 N–H and O–H groups in total. The van der Waals surface area contributed by atoms with Gasteiger partial charge in [-0.1, -0.05) is 29.8 Å². The first-order valence-corrected chi connectivity index (χ1v) is 7.11. The van der Waals surface area contributed by atoms with E-state index in [2.05, 4.69) is 21.2 Å². The molecule has 1 aliphatic rings. The second-order valence-corrected chi connectivity index (χ2v) is 6.42. The first-order chi connectivity index (χ1) is 6.61. The van der Waals surface area contributed by atoms with Gasteiger partial charge < -0.3 is 5.32 Å². The van der Waals surface area contributed by atoms with Crippen molar-refractivity contribution >= 4 is 33.6 Å². The maximum atomic E-state index is 11.6. The average Bonchev–Trinajstić information content (AvgIpc) is 2.65. The summed E-state index contributed by atoms with van der Waals surface area (Å²) >= 11 is 5.37. The fraction of sp³-hybridized carbons (Fsp3) is 0.900. The van der Waals surface area contributed by atoms with Crippen molar-refractivity contribution in [2.24, 2.45) is 5.92 Å². The van der Waals surface area contributed by atoms with Gasteiger partial charge in [0.05, 0.1) is 4.83 Å². The normalized spacial score (nSPS) is 23.9. The Morgan fingerprint density at radius 2 is 2.36 bits per heavy atom. The first kappa shape index (κ1) is 12.4. The predicted octanol–water partition coefficient (Wildman–Crippen LogP) is 2.42. The van der Waals surface area contributed by atoms with Gasteiger partial charge >= 0.3 is 0 Å². The van der Waals surface area contributed by atoms with Crippen LogP contribution in [0.3, 0.4) is 0 Å². The van der Waals surface area contributed by atoms with Crippen LogP contribution in [0.15, 0.2) is 0 Å². The van der Waals surface area contributed by atoms with Crippen LogP contribution in [-0.4, -0.2) is 28.3 Å². The Labute approximate surface area is 98.7 Å². The van der Waals surface area contributed by atoms with Crippen molar-refractivity contribution in [3.05, 3.63) is 0 Å². The van der Waals surface area contributed by atoms with E-state index < -0.39 is 0 Å². The average molecular weight is 280 g/mol. The third-order valence-corrected chi connectivity index (χ3v) is 5.24. The molecule has 0 aliphatic carbocycles. The van der Waals surface area contributed by atoms with Gasteiger partial charge in [0.1, 0.15) is 0 Å². The molecule has 1 fully saturated rings. The zero-order valence-electron chi connectivity index (χ0n) is 8.75. The van der Waals surface area contributed by atoms with Gasteiger partial charge in [0, 0.05) is 11.8 Å². The molecular formula is C10H18BrNOS. The molecule has 1 saturated heterocycles. The molecule has 1 aliphatic heterocycles. The van der Waals surface area contributed by atoms with Gasteiger partial charge in [0.25, 0.3) is 0 Å². The summed E-state index contributed by atoms with van der Waals surface area (Å²) in [5.74, 6) is 1.74. The first-order valence-electron chi connectivity index (χ1n) is 5.14. The van der Waals surface area contributed by atoms with Crippen LogP contribution in [0.5, 0.6) is 0 Å². The zero-order chi connectivity index (χ0) is 10.6. The largest absolute Gasteiger partial charge is 0.354 e. The molecule has 82 valence electrons. The Kier molecular flexibility index (Phi) is 5.31. The quantitative estimate of drug-likeness (QED) is 0.801. The fourth-order valence-electron chi connectivity index (χ4n) is 1.42. The summed E-state index contributed by atoms with van der Waals surface area (Å²) in [6.07, 6.45) is 2.55. The van der Waals surface area contributed by atoms with Crippen LogP contribution < -0.4 is 5.32 Å². The minimum absolute atomic E-state index is 0.0473. The number of rotatable bonds is 4. The monoisotopic (exact) mass is 279 g/mol. The highest BCUT2D eigenvalue weighted by atomic mass is 79.9. The zero-order valence-corrected chi connectivity index (χ0v) is 11.2. The number of alkyl halides is 1. The Morgan fingerprint density at radius 3 is 2.86 bits per heavy atom. The molecule has 0 spiro atoms. The summed E-state index contributed by atoms with van der Waals surface area (Å²) in [7, 11) is 0. The number of hydrogen-bond donors (Lipinski definition) is 1. The minimum Gasteiger partial charge on any atom is -0.354 e. The summed E-state index contributed by atoms with van der Waals surface area (Å²) in [6, 6.07) is 0. The predicted molar refractivity (Wildman–Crippen MR) is 66.0 cm³/mol. The van der Waals surface area contributed by atoms with Crippen LogP contribution >= 0.6 is 27.7 Å². The molecule has 0 aromatic rings. The van der Waals surface area contributed by atoms with E-state index in [0.29, 0.717) is 11.2 Å². The number of hydrogen-bond acceptors (Lipinski definition) is 2. The van der Waals surface area contributed by atoms with Gasteiger partial charge in [-0.05, 0) is 24.5 Å². The van der Waals surface area contributed by atoms with Crippen LogP contribution in [0.25, 0.3) is 0 Å². The van der Waals surface area contributed by atoms with Gasteiger partial charge in [-0.25, -0.2) is 0 Å². The van der Waals surface area contributed by atoms with Crippen molar-refractivity contribution in [3.63, 3.8) is 0 Å². The molecule has 14 heavy (non-hydrogen) atoms. The van der Waals surface area contributed by atoms with Crippen LogP contribution in [0.1, 0.15) is 26.7 Å². The smallest absolute Gasteiger partial charge is 0.234 e. The molecule has 0 aromatic carbocycles. The molecule has 1 amide bonds. The van der Waals surface area contributed by atoms with E-state index >= 15 is 0 Å². The standard InChI is InChI=1S/C10H18BrNOS/c1-7(2)9(11)10(13)12-6-8-4-3-5-14-8/h7-9H,3-6H2,1-2H3,(H,12,13). The molecule has 0 saturated carbocycles. The molecule has 2 unspecified atom stereocenters. The number of carbonyl (C=O) groups excluding carboxylic acids is 1. The Balaban J connectivity index is 2.19. The lowest BCUT2D eigenvalue weighted by molar-refractivity contribution is -0.121. The molecule has 4 heteroatoms. The summed E-state index contributed by atoms with van der Waals surface area (Å²) in [5.41, 5.74) is 0. The minimum atomic E-state index is -0.0473. The van der Waals surface area contributed by atoms with Crippen molar-refractivity contribution in [3.8, 4) is 0 Å². The van der Waals surface area contributed by atoms with E-state index in [1.807, 2.05) is 25.6 Å². The van der Waals surface area contributed by atoms with E-state index in [-0.39, 0.29) is 10.7 Å². The molecule has 0 radical (unpaired) electrons. The van der Waals surface area contributed by atoms with Crippen molar-refractivity contribution in [2.75, 3.05) is 12.3 Å². The topological polar surface area (TPSA) is 29.1 Å². The maximum absolute atomic E-state index is 11.6. The Morgan fingerprint density at radius 1 is 1.64 bits per heavy atom. The van der Waals surface area contributed by atoms with Crippen molar-refractivity contribution in [1.29, 1.82) is 0 Å². The highest BCUT2D eigenvalue weighted by Gasteiger charge is 2.21. The lowest BCUT2D eigenvalue weighted by Gasteiger charge is -2.15. The second kappa shape index (κ2) is 6.01. The van der Waals surface area contributed by atoms with Crippen LogP contribution in [0.2, 0.25) is 0 Å². The van der Waals surface area contributed by atoms with Crippen molar-refractivity contribution in [2.45, 2.75) is 36.8 Å². The lowest BCUT2D eigenvalue weighted by atomic mass is 10.1. The molecule has 2 nitrogen and oxygen atoms in total. The van der Waals surface area contributed by atoms with E-state index in [4.69, 9.17) is 0 Å². The summed E-state index contributed by atoms with van der Waals surface area (Å²) in [5, 5.41) is 3.64. The third kappa shape index (κ3) is 3.81. The van der Waals surface area contributed by atoms with E-state index in [1.165, 1.54) is 18.6 Å². The number of halogens is 1. The summed E-state index contributed by atoms with van der Waals surface area (Å²) in [4.78, 5) is 11.5. The number of amides is 1. The van der Waals surface area contributed by atoms with Gasteiger partial charge in [-0.2, -0.15) is 11.8 Å². The maximum Gasteiger partial charge on any atom is 0.234 e. The molecular weight excluding hydrogens is 262 g/mol. The van der Waals surface area contributed by atoms with Crippen LogP contribution in [0.4, 0.5) is 0 Å². The van der Waals surface area contributed by atoms with E-state index in [9.17, 15) is 4.79 Å². The van der Waals surface area contributed by atoms with Gasteiger partial charge in [0.2, 0.25) is 5.91 Å². The lowest BCUT2D eigenvalue weighted by Crippen LogP contribution is -2.37. The van der Waals surface area contributed by atoms with Crippen molar-refractivity contribution in [1.82, 2.24) is 5.32 Å². The molecule has 0 bridgehead atoms. The number of thioether (sulfide) groups is 1. The van der Waals surface area contributed by atoms with Gasteiger partial charge in [-0.3, -0.25) is 4.79 Å². The number of carbonyl (C=O) groups is 1. The fourth-order valence-corrected chi connectivity index (χ4v) is 2.78. The molecule has 1 rings (SSSR count). The third-order valence-electron chi connectivity index (χ3n) is 2.36. The van der Waals surface area contributed by atoms with Crippen molar-refractivity contribution < 1.29 is 4.79 Å². The Bertz CT molecular complexity index is 193. The summed E-state index contributed by atoms with van der Waals surface area (Å²) < 4.78 is 0. The van der Waals surface area contributed by atoms with E-state index in [1.54, 1.807) is 0 Å². The highest BCUT2D eigenvalue weighted by molar-refractivity contribution is 9.10. The SMILES string of the molecule is CC(C)C(Br)C(=O)NCC1CCCS1. The van der Waals surface area contributed by atoms with Crippen LogP contribution in [0, 0.1) is 5.92 Å². The van der Waals surface area contributed by atoms with Crippen LogP contribution in [-0.2, 0) is 4.79 Å². The Hall–Kier alpha value is 0.300. The van der Waals surface area contributed by atoms with E-state index in [0.717, 1.165) is 6.54 Å². The number of nitrogens with one attached hydrogen (secondary N) is 1. The second-order valence-electron chi connectivity index (χ2n) is 4.03. The highest BCUT2D eigenvalue weighted by Crippen LogP contribution is 2.25.